The Morgan fingerprint density at radius 2 is 1.89 bits per heavy atom. The molecule has 0 spiro atoms. The summed E-state index contributed by atoms with van der Waals surface area (Å²) in [6, 6.07) is 6.13. The summed E-state index contributed by atoms with van der Waals surface area (Å²) in [6.45, 7) is 5.05. The molecule has 1 saturated carbocycles. The van der Waals surface area contributed by atoms with Gasteiger partial charge in [0, 0.05) is 63.1 Å². The number of nitrogens with zero attached hydrogens (tertiary/aromatic N) is 4. The minimum absolute atomic E-state index is 0.873. The number of aryl methyl sites for hydroxylation is 1. The Bertz CT molecular complexity index is 838. The van der Waals surface area contributed by atoms with E-state index in [0.717, 1.165) is 42.0 Å². The second-order valence-corrected chi connectivity index (χ2v) is 9.80. The van der Waals surface area contributed by atoms with Gasteiger partial charge in [0.2, 0.25) is 0 Å². The second-order valence-electron chi connectivity index (χ2n) is 9.80. The first-order valence-corrected chi connectivity index (χ1v) is 11.1. The molecule has 4 atom stereocenters. The lowest BCUT2D eigenvalue weighted by molar-refractivity contribution is -0.0628. The van der Waals surface area contributed by atoms with Crippen molar-refractivity contribution < 1.29 is 0 Å². The zero-order valence-electron chi connectivity index (χ0n) is 16.6. The third-order valence-electron chi connectivity index (χ3n) is 7.89. The zero-order chi connectivity index (χ0) is 18.0. The van der Waals surface area contributed by atoms with Crippen molar-refractivity contribution >= 4 is 11.0 Å². The van der Waals surface area contributed by atoms with Crippen LogP contribution in [0.25, 0.3) is 11.0 Å². The fraction of sp³-hybridized carbons (Fsp3) is 0.696. The molecule has 4 heteroatoms. The molecule has 1 aliphatic carbocycles. The fourth-order valence-electron chi connectivity index (χ4n) is 6.73. The van der Waals surface area contributed by atoms with Gasteiger partial charge in [-0.2, -0.15) is 0 Å². The average molecular weight is 365 g/mol. The molecular formula is C23H32N4. The summed E-state index contributed by atoms with van der Waals surface area (Å²) >= 11 is 0. The predicted molar refractivity (Wildman–Crippen MR) is 108 cm³/mol. The maximum Gasteiger partial charge on any atom is 0.139 e. The maximum absolute atomic E-state index is 4.57. The van der Waals surface area contributed by atoms with Crippen LogP contribution in [0.5, 0.6) is 0 Å². The highest BCUT2D eigenvalue weighted by atomic mass is 15.3. The molecule has 0 unspecified atom stereocenters. The van der Waals surface area contributed by atoms with Gasteiger partial charge in [0.15, 0.2) is 0 Å². The molecule has 4 aliphatic rings. The van der Waals surface area contributed by atoms with E-state index < -0.39 is 0 Å². The van der Waals surface area contributed by atoms with Gasteiger partial charge in [-0.1, -0.05) is 6.42 Å². The lowest BCUT2D eigenvalue weighted by atomic mass is 9.74. The van der Waals surface area contributed by atoms with Crippen LogP contribution in [0.1, 0.15) is 44.1 Å². The molecule has 144 valence electrons. The summed E-state index contributed by atoms with van der Waals surface area (Å²) in [4.78, 5) is 10.3. The van der Waals surface area contributed by atoms with E-state index >= 15 is 0 Å². The van der Waals surface area contributed by atoms with E-state index in [9.17, 15) is 0 Å². The maximum atomic E-state index is 4.57. The average Bonchev–Trinajstić information content (AvgIpc) is 3.47. The lowest BCUT2D eigenvalue weighted by Gasteiger charge is -2.55. The summed E-state index contributed by atoms with van der Waals surface area (Å²) < 4.78 is 2.19. The monoisotopic (exact) mass is 364 g/mol. The molecule has 2 bridgehead atoms. The first kappa shape index (κ1) is 16.6. The number of hydrogen-bond donors (Lipinski definition) is 0. The van der Waals surface area contributed by atoms with Gasteiger partial charge in [-0.25, -0.2) is 4.98 Å². The Labute approximate surface area is 162 Å². The van der Waals surface area contributed by atoms with Gasteiger partial charge >= 0.3 is 0 Å². The Morgan fingerprint density at radius 1 is 1.04 bits per heavy atom. The van der Waals surface area contributed by atoms with Gasteiger partial charge in [-0.05, 0) is 67.6 Å². The zero-order valence-corrected chi connectivity index (χ0v) is 16.6. The first-order chi connectivity index (χ1) is 13.3. The van der Waals surface area contributed by atoms with E-state index in [4.69, 9.17) is 0 Å². The lowest BCUT2D eigenvalue weighted by Crippen LogP contribution is -2.61. The molecular weight excluding hydrogens is 332 g/mol. The van der Waals surface area contributed by atoms with Crippen molar-refractivity contribution in [2.75, 3.05) is 19.6 Å². The van der Waals surface area contributed by atoms with Crippen LogP contribution < -0.4 is 0 Å². The van der Waals surface area contributed by atoms with Gasteiger partial charge < -0.3 is 4.57 Å². The summed E-state index contributed by atoms with van der Waals surface area (Å²) in [5.74, 6) is 2.82. The molecule has 3 aliphatic heterocycles. The molecule has 6 rings (SSSR count). The number of likely N-dealkylation sites (tertiary alicyclic amines) is 1. The normalized spacial score (nSPS) is 34.7. The van der Waals surface area contributed by atoms with Crippen molar-refractivity contribution in [3.05, 3.63) is 30.1 Å². The molecule has 4 fully saturated rings. The standard InChI is InChI=1S/C23H32N4/c1-25-13-19(20-4-3-9-24-23(20)25)15-26-11-16-10-18(14-26)22-6-2-5-21(17-7-8-17)27(22)12-16/h3-4,9,13,16-18,21-22H,2,5-8,10-12,14-15H2,1H3/t16-,18+,21+,22-/m0/s1. The Hall–Kier alpha value is -1.39. The molecule has 5 heterocycles. The topological polar surface area (TPSA) is 24.3 Å². The van der Waals surface area contributed by atoms with E-state index in [-0.39, 0.29) is 0 Å². The smallest absolute Gasteiger partial charge is 0.139 e. The highest BCUT2D eigenvalue weighted by Gasteiger charge is 2.47. The minimum Gasteiger partial charge on any atom is -0.335 e. The van der Waals surface area contributed by atoms with Crippen molar-refractivity contribution in [1.82, 2.24) is 19.4 Å². The van der Waals surface area contributed by atoms with E-state index in [1.807, 2.05) is 6.20 Å². The number of hydrogen-bond acceptors (Lipinski definition) is 3. The number of rotatable bonds is 3. The van der Waals surface area contributed by atoms with Crippen LogP contribution in [0.2, 0.25) is 0 Å². The third-order valence-corrected chi connectivity index (χ3v) is 7.89. The molecule has 3 saturated heterocycles. The number of aromatic nitrogens is 2. The Balaban J connectivity index is 1.22. The summed E-state index contributed by atoms with van der Waals surface area (Å²) in [7, 11) is 2.13. The van der Waals surface area contributed by atoms with E-state index in [1.54, 1.807) is 0 Å². The van der Waals surface area contributed by atoms with E-state index in [2.05, 4.69) is 44.7 Å². The fourth-order valence-corrected chi connectivity index (χ4v) is 6.73. The highest BCUT2D eigenvalue weighted by molar-refractivity contribution is 5.80. The van der Waals surface area contributed by atoms with Crippen LogP contribution in [0.15, 0.2) is 24.5 Å². The molecule has 27 heavy (non-hydrogen) atoms. The van der Waals surface area contributed by atoms with Crippen molar-refractivity contribution in [2.45, 2.75) is 57.2 Å². The third kappa shape index (κ3) is 2.84. The van der Waals surface area contributed by atoms with Crippen molar-refractivity contribution in [2.24, 2.45) is 24.8 Å². The van der Waals surface area contributed by atoms with Crippen LogP contribution in [-0.4, -0.2) is 51.1 Å². The van der Waals surface area contributed by atoms with Crippen LogP contribution in [0, 0.1) is 17.8 Å². The van der Waals surface area contributed by atoms with Crippen LogP contribution in [0.4, 0.5) is 0 Å². The second kappa shape index (κ2) is 6.31. The Kier molecular flexibility index (Phi) is 3.87. The van der Waals surface area contributed by atoms with Gasteiger partial charge in [0.05, 0.1) is 0 Å². The van der Waals surface area contributed by atoms with Crippen LogP contribution in [-0.2, 0) is 13.6 Å². The number of pyridine rings is 1. The van der Waals surface area contributed by atoms with Crippen molar-refractivity contribution in [1.29, 1.82) is 0 Å². The first-order valence-electron chi connectivity index (χ1n) is 11.1. The highest BCUT2D eigenvalue weighted by Crippen LogP contribution is 2.46. The molecule has 2 aromatic heterocycles. The molecule has 4 nitrogen and oxygen atoms in total. The molecule has 0 radical (unpaired) electrons. The minimum atomic E-state index is 0.873. The number of fused-ring (bicyclic) bond motifs is 5. The quantitative estimate of drug-likeness (QED) is 0.831. The van der Waals surface area contributed by atoms with E-state index in [0.29, 0.717) is 0 Å². The van der Waals surface area contributed by atoms with Gasteiger partial charge in [-0.3, -0.25) is 9.80 Å². The molecule has 0 amide bonds. The summed E-state index contributed by atoms with van der Waals surface area (Å²) in [5, 5.41) is 1.34. The molecule has 0 N–H and O–H groups in total. The van der Waals surface area contributed by atoms with Crippen molar-refractivity contribution in [3.8, 4) is 0 Å². The van der Waals surface area contributed by atoms with Gasteiger partial charge in [0.1, 0.15) is 5.65 Å². The number of piperidine rings is 3. The van der Waals surface area contributed by atoms with Gasteiger partial charge in [-0.15, -0.1) is 0 Å². The molecule has 0 aromatic carbocycles. The van der Waals surface area contributed by atoms with Crippen LogP contribution >= 0.6 is 0 Å². The SMILES string of the molecule is Cn1cc(CN2C[C@@H]3C[C@H](C2)[C@@H]2CCC[C@H](C4CC4)N2C3)c2cccnc21. The Morgan fingerprint density at radius 3 is 2.74 bits per heavy atom. The molecule has 2 aromatic rings. The van der Waals surface area contributed by atoms with Gasteiger partial charge in [0.25, 0.3) is 0 Å². The summed E-state index contributed by atoms with van der Waals surface area (Å²) in [6.07, 6.45) is 13.1. The summed E-state index contributed by atoms with van der Waals surface area (Å²) in [5.41, 5.74) is 2.58. The van der Waals surface area contributed by atoms with E-state index in [1.165, 1.54) is 69.1 Å². The van der Waals surface area contributed by atoms with Crippen LogP contribution in [0.3, 0.4) is 0 Å². The predicted octanol–water partition coefficient (Wildman–Crippen LogP) is 3.66. The largest absolute Gasteiger partial charge is 0.335 e. The van der Waals surface area contributed by atoms with Crippen molar-refractivity contribution in [3.63, 3.8) is 0 Å².